The van der Waals surface area contributed by atoms with E-state index in [1.807, 2.05) is 65.7 Å². The van der Waals surface area contributed by atoms with E-state index >= 15 is 0 Å². The molecular weight excluding hydrogens is 428 g/mol. The first-order chi connectivity index (χ1) is 16.5. The second-order valence-electron chi connectivity index (χ2n) is 9.03. The lowest BCUT2D eigenvalue weighted by Crippen LogP contribution is -2.64. The third-order valence-electron chi connectivity index (χ3n) is 6.53. The Labute approximate surface area is 199 Å². The number of hydrogen-bond donors (Lipinski definition) is 4. The van der Waals surface area contributed by atoms with Crippen LogP contribution in [-0.2, 0) is 4.79 Å². The monoisotopic (exact) mass is 456 g/mol. The van der Waals surface area contributed by atoms with Crippen LogP contribution in [0, 0.1) is 17.3 Å². The maximum atomic E-state index is 11.9. The van der Waals surface area contributed by atoms with E-state index in [2.05, 4.69) is 28.2 Å². The van der Waals surface area contributed by atoms with E-state index in [1.165, 1.54) is 0 Å². The Kier molecular flexibility index (Phi) is 5.97. The molecule has 1 atom stereocenters. The van der Waals surface area contributed by atoms with Crippen molar-refractivity contribution in [3.05, 3.63) is 71.9 Å². The smallest absolute Gasteiger partial charge is 0.298 e. The predicted molar refractivity (Wildman–Crippen MR) is 130 cm³/mol. The van der Waals surface area contributed by atoms with Gasteiger partial charge in [-0.1, -0.05) is 36.3 Å². The van der Waals surface area contributed by atoms with Crippen molar-refractivity contribution in [3.63, 3.8) is 0 Å². The molecule has 0 bridgehead atoms. The fourth-order valence-corrected chi connectivity index (χ4v) is 4.81. The quantitative estimate of drug-likeness (QED) is 0.515. The van der Waals surface area contributed by atoms with Gasteiger partial charge in [0.05, 0.1) is 12.1 Å². The van der Waals surface area contributed by atoms with Crippen molar-refractivity contribution in [2.45, 2.75) is 31.8 Å². The summed E-state index contributed by atoms with van der Waals surface area (Å²) in [5.41, 5.74) is 17.6. The summed E-state index contributed by atoms with van der Waals surface area (Å²) in [5.74, 6) is 7.49. The Hall–Kier alpha value is -3.80. The van der Waals surface area contributed by atoms with E-state index in [0.29, 0.717) is 0 Å². The van der Waals surface area contributed by atoms with Gasteiger partial charge in [-0.25, -0.2) is 0 Å². The van der Waals surface area contributed by atoms with Gasteiger partial charge in [0, 0.05) is 30.3 Å². The molecule has 8 nitrogen and oxygen atoms in total. The zero-order valence-corrected chi connectivity index (χ0v) is 19.0. The summed E-state index contributed by atoms with van der Waals surface area (Å²) in [6.45, 7) is 3.23. The van der Waals surface area contributed by atoms with Crippen molar-refractivity contribution in [2.75, 3.05) is 13.1 Å². The first-order valence-electron chi connectivity index (χ1n) is 11.4. The Bertz CT molecular complexity index is 1170. The van der Waals surface area contributed by atoms with Crippen molar-refractivity contribution in [1.82, 2.24) is 21.3 Å². The first kappa shape index (κ1) is 22.0. The minimum atomic E-state index is -0.356. The summed E-state index contributed by atoms with van der Waals surface area (Å²) in [4.78, 5) is 18.6. The summed E-state index contributed by atoms with van der Waals surface area (Å²) in [6, 6.07) is 17.3. The van der Waals surface area contributed by atoms with Crippen LogP contribution < -0.4 is 26.9 Å². The number of likely N-dealkylation sites (tertiary alicyclic amines) is 1. The van der Waals surface area contributed by atoms with Crippen LogP contribution in [0.15, 0.2) is 71.4 Å². The lowest BCUT2D eigenvalue weighted by atomic mass is 9.61. The maximum absolute atomic E-state index is 11.9. The summed E-state index contributed by atoms with van der Waals surface area (Å²) in [6.07, 6.45) is 3.77. The minimum Gasteiger partial charge on any atom is -0.457 e. The molecule has 2 aromatic rings. The van der Waals surface area contributed by atoms with Gasteiger partial charge in [0.1, 0.15) is 17.3 Å². The SMILES string of the molecule is CC#CC(=O)N1CC2(CC(N=C3NNNC=C3C(N)c3ccc(Oc4ccccc4)cc3)C2)C1. The molecule has 1 saturated carbocycles. The van der Waals surface area contributed by atoms with Gasteiger partial charge in [0.25, 0.3) is 5.91 Å². The number of para-hydroxylation sites is 1. The average Bonchev–Trinajstić information content (AvgIpc) is 2.81. The fraction of sp³-hybridized carbons (Fsp3) is 0.308. The van der Waals surface area contributed by atoms with E-state index in [-0.39, 0.29) is 23.4 Å². The van der Waals surface area contributed by atoms with Gasteiger partial charge < -0.3 is 20.8 Å². The molecule has 1 amide bonds. The molecule has 174 valence electrons. The topological polar surface area (TPSA) is 104 Å². The molecule has 2 heterocycles. The Morgan fingerprint density at radius 3 is 2.56 bits per heavy atom. The molecule has 1 unspecified atom stereocenters. The Balaban J connectivity index is 1.21. The largest absolute Gasteiger partial charge is 0.457 e. The van der Waals surface area contributed by atoms with E-state index in [9.17, 15) is 4.79 Å². The lowest BCUT2D eigenvalue weighted by molar-refractivity contribution is -0.144. The zero-order chi connectivity index (χ0) is 23.5. The predicted octanol–water partition coefficient (Wildman–Crippen LogP) is 2.39. The van der Waals surface area contributed by atoms with Crippen LogP contribution in [0.1, 0.15) is 31.4 Å². The highest BCUT2D eigenvalue weighted by Gasteiger charge is 2.53. The van der Waals surface area contributed by atoms with Crippen molar-refractivity contribution in [2.24, 2.45) is 16.1 Å². The van der Waals surface area contributed by atoms with Crippen LogP contribution >= 0.6 is 0 Å². The van der Waals surface area contributed by atoms with E-state index in [4.69, 9.17) is 15.5 Å². The number of carbonyl (C=O) groups is 1. The molecule has 5 N–H and O–H groups in total. The second kappa shape index (κ2) is 9.21. The Morgan fingerprint density at radius 2 is 1.85 bits per heavy atom. The Morgan fingerprint density at radius 1 is 1.15 bits per heavy atom. The number of nitrogens with zero attached hydrogens (tertiary/aromatic N) is 2. The number of hydrazine groups is 2. The molecule has 1 spiro atoms. The number of amides is 1. The summed E-state index contributed by atoms with van der Waals surface area (Å²) in [5, 5.41) is 0. The van der Waals surface area contributed by atoms with Crippen LogP contribution in [0.5, 0.6) is 11.5 Å². The van der Waals surface area contributed by atoms with Crippen molar-refractivity contribution >= 4 is 11.7 Å². The molecule has 2 aromatic carbocycles. The highest BCUT2D eigenvalue weighted by molar-refractivity contribution is 6.00. The van der Waals surface area contributed by atoms with Gasteiger partial charge >= 0.3 is 0 Å². The molecular formula is C26H28N6O2. The minimum absolute atomic E-state index is 0.0801. The first-order valence-corrected chi connectivity index (χ1v) is 11.4. The molecule has 34 heavy (non-hydrogen) atoms. The number of hydrogen-bond acceptors (Lipinski definition) is 6. The van der Waals surface area contributed by atoms with Crippen LogP contribution in [0.4, 0.5) is 0 Å². The van der Waals surface area contributed by atoms with Crippen LogP contribution in [0.3, 0.4) is 0 Å². The maximum Gasteiger partial charge on any atom is 0.298 e. The summed E-state index contributed by atoms with van der Waals surface area (Å²) in [7, 11) is 0. The number of nitrogens with two attached hydrogens (primary N) is 1. The third-order valence-corrected chi connectivity index (χ3v) is 6.53. The number of aliphatic imine (C=N–C) groups is 1. The molecule has 3 aliphatic rings. The van der Waals surface area contributed by atoms with Gasteiger partial charge in [-0.2, -0.15) is 0 Å². The van der Waals surface area contributed by atoms with E-state index < -0.39 is 0 Å². The molecule has 0 aromatic heterocycles. The fourth-order valence-electron chi connectivity index (χ4n) is 4.81. The standard InChI is InChI=1S/C26H28N6O2/c1-2-6-23(33)32-16-26(17-32)13-19(14-26)29-25-22(15-28-31-30-25)24(27)18-9-11-21(12-10-18)34-20-7-4-3-5-8-20/h3-5,7-12,15,19,24,28,31H,13-14,16-17,27H2,1H3,(H,29,30). The molecule has 5 rings (SSSR count). The number of nitrogens with one attached hydrogen (secondary N) is 3. The van der Waals surface area contributed by atoms with Crippen molar-refractivity contribution in [3.8, 4) is 23.3 Å². The van der Waals surface area contributed by atoms with Gasteiger partial charge in [-0.05, 0) is 55.5 Å². The van der Waals surface area contributed by atoms with Crippen molar-refractivity contribution < 1.29 is 9.53 Å². The molecule has 1 aliphatic carbocycles. The number of benzene rings is 2. The van der Waals surface area contributed by atoms with E-state index in [0.717, 1.165) is 54.4 Å². The van der Waals surface area contributed by atoms with Gasteiger partial charge in [0.2, 0.25) is 0 Å². The lowest BCUT2D eigenvalue weighted by Gasteiger charge is -2.57. The number of rotatable bonds is 5. The molecule has 1 saturated heterocycles. The molecule has 2 aliphatic heterocycles. The van der Waals surface area contributed by atoms with Crippen LogP contribution in [0.2, 0.25) is 0 Å². The van der Waals surface area contributed by atoms with Crippen LogP contribution in [-0.4, -0.2) is 35.8 Å². The average molecular weight is 457 g/mol. The van der Waals surface area contributed by atoms with Crippen molar-refractivity contribution in [1.29, 1.82) is 0 Å². The highest BCUT2D eigenvalue weighted by Crippen LogP contribution is 2.49. The number of ether oxygens (including phenoxy) is 1. The number of amidine groups is 1. The van der Waals surface area contributed by atoms with Crippen LogP contribution in [0.25, 0.3) is 0 Å². The van der Waals surface area contributed by atoms with Gasteiger partial charge in [-0.15, -0.1) is 5.53 Å². The number of carbonyl (C=O) groups excluding carboxylic acids is 1. The summed E-state index contributed by atoms with van der Waals surface area (Å²) < 4.78 is 5.88. The zero-order valence-electron chi connectivity index (χ0n) is 19.0. The van der Waals surface area contributed by atoms with E-state index in [1.54, 1.807) is 6.92 Å². The normalized spacial score (nSPS) is 20.6. The summed E-state index contributed by atoms with van der Waals surface area (Å²) >= 11 is 0. The second-order valence-corrected chi connectivity index (χ2v) is 9.03. The van der Waals surface area contributed by atoms with Gasteiger partial charge in [0.15, 0.2) is 0 Å². The molecule has 8 heteroatoms. The third kappa shape index (κ3) is 4.49. The highest BCUT2D eigenvalue weighted by atomic mass is 16.5. The molecule has 2 fully saturated rings. The van der Waals surface area contributed by atoms with Gasteiger partial charge in [-0.3, -0.25) is 15.2 Å². The molecule has 0 radical (unpaired) electrons.